The highest BCUT2D eigenvalue weighted by Crippen LogP contribution is 2.26. The molecule has 21 heavy (non-hydrogen) atoms. The molecule has 5 heteroatoms. The summed E-state index contributed by atoms with van der Waals surface area (Å²) in [5, 5.41) is 9.40. The van der Waals surface area contributed by atoms with Crippen LogP contribution in [0.3, 0.4) is 0 Å². The van der Waals surface area contributed by atoms with Crippen molar-refractivity contribution in [2.24, 2.45) is 5.92 Å². The van der Waals surface area contributed by atoms with Crippen molar-refractivity contribution in [1.29, 1.82) is 0 Å². The van der Waals surface area contributed by atoms with Gasteiger partial charge in [0.25, 0.3) is 0 Å². The first-order chi connectivity index (χ1) is 9.97. The van der Waals surface area contributed by atoms with Crippen molar-refractivity contribution in [1.82, 2.24) is 9.38 Å². The summed E-state index contributed by atoms with van der Waals surface area (Å²) in [6.07, 6.45) is 4.29. The number of nitrogens with zero attached hydrogens (tertiary/aromatic N) is 3. The summed E-state index contributed by atoms with van der Waals surface area (Å²) in [6.45, 7) is 8.08. The van der Waals surface area contributed by atoms with Crippen LogP contribution in [0.5, 0.6) is 0 Å². The minimum Gasteiger partial charge on any atom is -0.477 e. The van der Waals surface area contributed by atoms with Gasteiger partial charge in [-0.2, -0.15) is 0 Å². The average Bonchev–Trinajstić information content (AvgIpc) is 2.76. The Bertz CT molecular complexity index is 697. The molecule has 0 unspecified atom stereocenters. The Hall–Kier alpha value is -2.04. The number of hydrogen-bond donors (Lipinski definition) is 1. The van der Waals surface area contributed by atoms with E-state index in [0.29, 0.717) is 5.69 Å². The van der Waals surface area contributed by atoms with Crippen LogP contribution >= 0.6 is 0 Å². The fraction of sp³-hybridized carbons (Fsp3) is 0.500. The summed E-state index contributed by atoms with van der Waals surface area (Å²) in [4.78, 5) is 18.2. The van der Waals surface area contributed by atoms with Gasteiger partial charge in [0.2, 0.25) is 0 Å². The number of imidazole rings is 1. The first kappa shape index (κ1) is 13.9. The fourth-order valence-electron chi connectivity index (χ4n) is 3.10. The molecule has 0 atom stereocenters. The highest BCUT2D eigenvalue weighted by atomic mass is 16.4. The van der Waals surface area contributed by atoms with Gasteiger partial charge in [-0.1, -0.05) is 6.92 Å². The maximum absolute atomic E-state index is 11.5. The Morgan fingerprint density at radius 3 is 2.62 bits per heavy atom. The van der Waals surface area contributed by atoms with E-state index in [0.717, 1.165) is 35.9 Å². The first-order valence-corrected chi connectivity index (χ1v) is 7.45. The van der Waals surface area contributed by atoms with Gasteiger partial charge in [-0.3, -0.25) is 4.40 Å². The normalized spacial score (nSPS) is 16.6. The monoisotopic (exact) mass is 287 g/mol. The number of aromatic nitrogens is 2. The molecular formula is C16H21N3O2. The Kier molecular flexibility index (Phi) is 3.35. The molecule has 3 heterocycles. The summed E-state index contributed by atoms with van der Waals surface area (Å²) in [5.74, 6) is -0.153. The van der Waals surface area contributed by atoms with E-state index in [1.807, 2.05) is 13.1 Å². The third-order valence-electron chi connectivity index (χ3n) is 4.42. The summed E-state index contributed by atoms with van der Waals surface area (Å²) in [6, 6.07) is 2.11. The highest BCUT2D eigenvalue weighted by molar-refractivity contribution is 5.88. The van der Waals surface area contributed by atoms with Crippen LogP contribution in [0.4, 0.5) is 5.69 Å². The summed E-state index contributed by atoms with van der Waals surface area (Å²) in [7, 11) is 0. The topological polar surface area (TPSA) is 57.8 Å². The van der Waals surface area contributed by atoms with Gasteiger partial charge in [-0.15, -0.1) is 0 Å². The van der Waals surface area contributed by atoms with Gasteiger partial charge in [-0.05, 0) is 44.2 Å². The van der Waals surface area contributed by atoms with E-state index < -0.39 is 5.97 Å². The predicted molar refractivity (Wildman–Crippen MR) is 82.2 cm³/mol. The van der Waals surface area contributed by atoms with E-state index >= 15 is 0 Å². The number of pyridine rings is 1. The average molecular weight is 287 g/mol. The number of hydrogen-bond acceptors (Lipinski definition) is 3. The molecule has 1 fully saturated rings. The number of piperidine rings is 1. The molecule has 2 aromatic heterocycles. The lowest BCUT2D eigenvalue weighted by Gasteiger charge is -2.32. The molecule has 0 bridgehead atoms. The zero-order valence-electron chi connectivity index (χ0n) is 12.8. The molecule has 0 radical (unpaired) electrons. The molecule has 0 aromatic carbocycles. The van der Waals surface area contributed by atoms with Crippen LogP contribution in [0.1, 0.15) is 41.5 Å². The van der Waals surface area contributed by atoms with Gasteiger partial charge in [-0.25, -0.2) is 9.78 Å². The first-order valence-electron chi connectivity index (χ1n) is 7.45. The van der Waals surface area contributed by atoms with Gasteiger partial charge in [0.05, 0.1) is 11.4 Å². The lowest BCUT2D eigenvalue weighted by molar-refractivity contribution is 0.0688. The molecule has 0 amide bonds. The molecule has 0 saturated carbocycles. The van der Waals surface area contributed by atoms with Crippen molar-refractivity contribution in [2.75, 3.05) is 18.0 Å². The van der Waals surface area contributed by atoms with Gasteiger partial charge in [0, 0.05) is 19.3 Å². The van der Waals surface area contributed by atoms with Crippen LogP contribution in [0.15, 0.2) is 12.3 Å². The number of anilines is 1. The van der Waals surface area contributed by atoms with E-state index in [-0.39, 0.29) is 5.69 Å². The second-order valence-corrected chi connectivity index (χ2v) is 6.10. The number of carboxylic acid groups (broad SMARTS) is 1. The fourth-order valence-corrected chi connectivity index (χ4v) is 3.10. The summed E-state index contributed by atoms with van der Waals surface area (Å²) in [5.41, 5.74) is 3.67. The SMILES string of the molecule is Cc1nc2c(C)cc(N3CCC(C)CC3)cn2c1C(=O)O. The van der Waals surface area contributed by atoms with Gasteiger partial charge in [0.1, 0.15) is 5.65 Å². The van der Waals surface area contributed by atoms with Gasteiger partial charge >= 0.3 is 5.97 Å². The molecule has 2 aromatic rings. The molecule has 1 aliphatic rings. The van der Waals surface area contributed by atoms with Gasteiger partial charge in [0.15, 0.2) is 5.69 Å². The smallest absolute Gasteiger partial charge is 0.354 e. The molecule has 0 aliphatic carbocycles. The molecule has 5 nitrogen and oxygen atoms in total. The van der Waals surface area contributed by atoms with Crippen molar-refractivity contribution >= 4 is 17.3 Å². The lowest BCUT2D eigenvalue weighted by atomic mass is 9.99. The Balaban J connectivity index is 2.09. The number of carbonyl (C=O) groups is 1. The Morgan fingerprint density at radius 2 is 2.00 bits per heavy atom. The van der Waals surface area contributed by atoms with Crippen molar-refractivity contribution in [2.45, 2.75) is 33.6 Å². The summed E-state index contributed by atoms with van der Waals surface area (Å²) >= 11 is 0. The second-order valence-electron chi connectivity index (χ2n) is 6.10. The quantitative estimate of drug-likeness (QED) is 0.922. The van der Waals surface area contributed by atoms with Crippen LogP contribution in [-0.2, 0) is 0 Å². The van der Waals surface area contributed by atoms with Crippen molar-refractivity contribution in [3.8, 4) is 0 Å². The van der Waals surface area contributed by atoms with Crippen LogP contribution in [0.25, 0.3) is 5.65 Å². The van der Waals surface area contributed by atoms with E-state index in [2.05, 4.69) is 22.9 Å². The third-order valence-corrected chi connectivity index (χ3v) is 4.42. The third kappa shape index (κ3) is 2.37. The number of rotatable bonds is 2. The van der Waals surface area contributed by atoms with Crippen LogP contribution < -0.4 is 4.90 Å². The van der Waals surface area contributed by atoms with E-state index in [1.165, 1.54) is 12.8 Å². The van der Waals surface area contributed by atoms with E-state index in [9.17, 15) is 9.90 Å². The number of aromatic carboxylic acids is 1. The second kappa shape index (κ2) is 5.06. The molecular weight excluding hydrogens is 266 g/mol. The molecule has 3 rings (SSSR count). The zero-order valence-corrected chi connectivity index (χ0v) is 12.8. The van der Waals surface area contributed by atoms with E-state index in [1.54, 1.807) is 11.3 Å². The molecule has 1 N–H and O–H groups in total. The highest BCUT2D eigenvalue weighted by Gasteiger charge is 2.20. The maximum Gasteiger partial charge on any atom is 0.354 e. The number of fused-ring (bicyclic) bond motifs is 1. The van der Waals surface area contributed by atoms with Crippen molar-refractivity contribution in [3.05, 3.63) is 29.2 Å². The van der Waals surface area contributed by atoms with Crippen molar-refractivity contribution < 1.29 is 9.90 Å². The zero-order chi connectivity index (χ0) is 15.1. The number of aryl methyl sites for hydroxylation is 2. The standard InChI is InChI=1S/C16H21N3O2/c1-10-4-6-18(7-5-10)13-8-11(2)15-17-12(3)14(16(20)21)19(15)9-13/h8-10H,4-7H2,1-3H3,(H,20,21). The molecule has 1 aliphatic heterocycles. The number of carboxylic acids is 1. The van der Waals surface area contributed by atoms with E-state index in [4.69, 9.17) is 0 Å². The minimum absolute atomic E-state index is 0.264. The Labute approximate surface area is 124 Å². The van der Waals surface area contributed by atoms with Gasteiger partial charge < -0.3 is 10.0 Å². The minimum atomic E-state index is -0.927. The largest absolute Gasteiger partial charge is 0.477 e. The molecule has 112 valence electrons. The van der Waals surface area contributed by atoms with Crippen LogP contribution in [0.2, 0.25) is 0 Å². The maximum atomic E-state index is 11.5. The molecule has 1 saturated heterocycles. The van der Waals surface area contributed by atoms with Crippen LogP contribution in [-0.4, -0.2) is 33.6 Å². The van der Waals surface area contributed by atoms with Crippen molar-refractivity contribution in [3.63, 3.8) is 0 Å². The predicted octanol–water partition coefficient (Wildman–Crippen LogP) is 2.89. The van der Waals surface area contributed by atoms with Crippen LogP contribution in [0, 0.1) is 19.8 Å². The molecule has 0 spiro atoms. The lowest BCUT2D eigenvalue weighted by Crippen LogP contribution is -2.33. The Morgan fingerprint density at radius 1 is 1.33 bits per heavy atom. The summed E-state index contributed by atoms with van der Waals surface area (Å²) < 4.78 is 1.72.